The van der Waals surface area contributed by atoms with E-state index in [1.165, 1.54) is 141 Å². The number of aliphatic hydroxyl groups is 9. The molecule has 9 aliphatic rings. The van der Waals surface area contributed by atoms with Crippen LogP contribution >= 0.6 is 0 Å². The Morgan fingerprint density at radius 1 is 0.306 bits per heavy atom. The Balaban J connectivity index is 0.000000607. The third-order valence-corrected chi connectivity index (χ3v) is 31.5. The Kier molecular flexibility index (Phi) is 46.3. The maximum Gasteiger partial charge on any atom is 0.0598 e. The van der Waals surface area contributed by atoms with E-state index in [1.54, 1.807) is 0 Å². The first-order valence-corrected chi connectivity index (χ1v) is 46.4. The standard InChI is InChI=1S/9C11H22O/c1-8-7-9(12)5-6-10(8)11(2,3)4;1-8-7-9(11(2,3)4)5-6-10(8)12;1-8-5-6-9(7-10(8)12)11(2,3)4;1-8-9(11(2,3)4)6-5-7-10(8)12;1-8-6-5-7-9(12)10(8)11(2,3)4;1-8-6-5-7-9(10(8)12)11(2,3)4;1-4-9(2)11(3)7-5-10(12)6-8-11;1-4-9(2)11(3)7-5-6-10(12)8-11;1-4-9(2)11(3)8-6-5-7-10(11)12/h6*8-10,12H,5-7H2,1-4H3;3*9-10,12H,4-8H2,1-3H3. The van der Waals surface area contributed by atoms with Crippen molar-refractivity contribution in [2.45, 2.75) is 495 Å². The van der Waals surface area contributed by atoms with Crippen molar-refractivity contribution in [2.75, 3.05) is 0 Å². The van der Waals surface area contributed by atoms with Gasteiger partial charge in [-0.25, -0.2) is 0 Å². The monoisotopic (exact) mass is 1530 g/mol. The summed E-state index contributed by atoms with van der Waals surface area (Å²) in [6.45, 7) is 74.8. The van der Waals surface area contributed by atoms with Crippen molar-refractivity contribution in [3.05, 3.63) is 0 Å². The average Bonchev–Trinajstić information content (AvgIpc) is 0.825. The molecule has 9 fully saturated rings. The van der Waals surface area contributed by atoms with Crippen molar-refractivity contribution < 1.29 is 46.0 Å². The summed E-state index contributed by atoms with van der Waals surface area (Å²) in [7, 11) is 0. The van der Waals surface area contributed by atoms with Crippen LogP contribution in [0, 0.1) is 138 Å². The van der Waals surface area contributed by atoms with Crippen LogP contribution in [0.25, 0.3) is 0 Å². The number of rotatable bonds is 6. The Morgan fingerprint density at radius 2 is 0.778 bits per heavy atom. The molecular formula is C99H198O9. The Hall–Kier alpha value is -0.360. The Bertz CT molecular complexity index is 2220. The Labute approximate surface area is 675 Å². The van der Waals surface area contributed by atoms with Crippen molar-refractivity contribution >= 4 is 0 Å². The fourth-order valence-corrected chi connectivity index (χ4v) is 21.7. The summed E-state index contributed by atoms with van der Waals surface area (Å²) in [5, 5.41) is 87.2. The second kappa shape index (κ2) is 47.3. The lowest BCUT2D eigenvalue weighted by Gasteiger charge is -2.43. The summed E-state index contributed by atoms with van der Waals surface area (Å²) in [5.74, 6) is 9.61. The fraction of sp³-hybridized carbons (Fsp3) is 1.00. The van der Waals surface area contributed by atoms with E-state index in [4.69, 9.17) is 0 Å². The third-order valence-electron chi connectivity index (χ3n) is 31.5. The first kappa shape index (κ1) is 106. The highest BCUT2D eigenvalue weighted by molar-refractivity contribution is 4.94. The Morgan fingerprint density at radius 3 is 1.20 bits per heavy atom. The van der Waals surface area contributed by atoms with Gasteiger partial charge in [0.2, 0.25) is 0 Å². The summed E-state index contributed by atoms with van der Waals surface area (Å²) >= 11 is 0. The van der Waals surface area contributed by atoms with Crippen LogP contribution in [-0.2, 0) is 0 Å². The molecule has 0 heterocycles. The fourth-order valence-electron chi connectivity index (χ4n) is 21.7. The van der Waals surface area contributed by atoms with Crippen LogP contribution in [0.4, 0.5) is 0 Å². The van der Waals surface area contributed by atoms with Gasteiger partial charge >= 0.3 is 0 Å². The highest BCUT2D eigenvalue weighted by atomic mass is 16.3. The largest absolute Gasteiger partial charge is 0.393 e. The molecule has 108 heavy (non-hydrogen) atoms. The average molecular weight is 1530 g/mol. The molecule has 0 amide bonds. The zero-order valence-corrected chi connectivity index (χ0v) is 78.7. The van der Waals surface area contributed by atoms with Crippen molar-refractivity contribution in [1.82, 2.24) is 0 Å². The molecule has 9 nitrogen and oxygen atoms in total. The van der Waals surface area contributed by atoms with Gasteiger partial charge in [-0.3, -0.25) is 0 Å². The molecule has 648 valence electrons. The van der Waals surface area contributed by atoms with E-state index in [9.17, 15) is 46.0 Å². The number of hydrogen-bond donors (Lipinski definition) is 9. The molecule has 0 saturated heterocycles. The zero-order valence-electron chi connectivity index (χ0n) is 78.7. The number of hydrogen-bond acceptors (Lipinski definition) is 9. The maximum absolute atomic E-state index is 9.97. The van der Waals surface area contributed by atoms with Crippen LogP contribution in [0.1, 0.15) is 440 Å². The molecular weight excluding hydrogens is 1330 g/mol. The first-order chi connectivity index (χ1) is 49.3. The molecule has 0 aromatic carbocycles. The van der Waals surface area contributed by atoms with Crippen LogP contribution in [0.15, 0.2) is 0 Å². The van der Waals surface area contributed by atoms with Gasteiger partial charge in [-0.15, -0.1) is 0 Å². The zero-order chi connectivity index (χ0) is 83.7. The van der Waals surface area contributed by atoms with Gasteiger partial charge in [0, 0.05) is 0 Å². The van der Waals surface area contributed by atoms with Crippen LogP contribution in [0.5, 0.6) is 0 Å². The van der Waals surface area contributed by atoms with Gasteiger partial charge in [-0.2, -0.15) is 0 Å². The summed E-state index contributed by atoms with van der Waals surface area (Å²) < 4.78 is 0. The summed E-state index contributed by atoms with van der Waals surface area (Å²) in [5.41, 5.74) is 3.23. The molecule has 9 aliphatic carbocycles. The lowest BCUT2D eigenvalue weighted by molar-refractivity contribution is -0.0362. The summed E-state index contributed by atoms with van der Waals surface area (Å²) in [6, 6.07) is 0. The van der Waals surface area contributed by atoms with Gasteiger partial charge < -0.3 is 46.0 Å². The third kappa shape index (κ3) is 36.2. The van der Waals surface area contributed by atoms with Crippen molar-refractivity contribution in [2.24, 2.45) is 138 Å². The highest BCUT2D eigenvalue weighted by Crippen LogP contribution is 2.49. The molecule has 9 heteroatoms. The molecule has 9 saturated carbocycles. The highest BCUT2D eigenvalue weighted by Gasteiger charge is 2.43. The van der Waals surface area contributed by atoms with Gasteiger partial charge in [0.05, 0.1) is 54.9 Å². The molecule has 25 atom stereocenters. The van der Waals surface area contributed by atoms with Gasteiger partial charge in [0.25, 0.3) is 0 Å². The lowest BCUT2D eigenvalue weighted by Crippen LogP contribution is -2.40. The molecule has 0 aliphatic heterocycles. The lowest BCUT2D eigenvalue weighted by atomic mass is 9.65. The van der Waals surface area contributed by atoms with E-state index in [0.29, 0.717) is 97.6 Å². The van der Waals surface area contributed by atoms with E-state index in [-0.39, 0.29) is 71.2 Å². The van der Waals surface area contributed by atoms with E-state index in [0.717, 1.165) is 94.3 Å². The van der Waals surface area contributed by atoms with Gasteiger partial charge in [0.15, 0.2) is 0 Å². The van der Waals surface area contributed by atoms with Crippen LogP contribution in [0.2, 0.25) is 0 Å². The van der Waals surface area contributed by atoms with Gasteiger partial charge in [-0.1, -0.05) is 293 Å². The van der Waals surface area contributed by atoms with Gasteiger partial charge in [-0.05, 0) is 285 Å². The minimum absolute atomic E-state index is 0.0119. The maximum atomic E-state index is 9.97. The van der Waals surface area contributed by atoms with Crippen LogP contribution < -0.4 is 0 Å². The molecule has 0 spiro atoms. The van der Waals surface area contributed by atoms with E-state index < -0.39 is 0 Å². The molecule has 0 aromatic heterocycles. The summed E-state index contributed by atoms with van der Waals surface area (Å²) in [6.07, 6.45) is 37.9. The molecule has 25 unspecified atom stereocenters. The first-order valence-electron chi connectivity index (χ1n) is 46.4. The predicted octanol–water partition coefficient (Wildman–Crippen LogP) is 25.9. The SMILES string of the molecule is CC1C(O)CCCC1C(C)(C)C.CC1CC(C(C)(C)C)CCC1O.CC1CC(O)CCC1C(C)(C)C.CC1CCC(C(C)(C)C)CC1O.CC1CCCC(C(C)(C)C)C1O.CC1CCCC(O)C1C(C)(C)C.CCC(C)C1(C)CCC(O)CC1.CCC(C)C1(C)CCCC(O)C1.CCC(C)C1(C)CCCCC1O. The minimum atomic E-state index is -0.0706. The normalized spacial score (nSPS) is 38.7. The quantitative estimate of drug-likeness (QED) is 0.125. The van der Waals surface area contributed by atoms with Crippen molar-refractivity contribution in [3.8, 4) is 0 Å². The molecule has 0 bridgehead atoms. The van der Waals surface area contributed by atoms with Crippen molar-refractivity contribution in [3.63, 3.8) is 0 Å². The van der Waals surface area contributed by atoms with Crippen LogP contribution in [0.3, 0.4) is 0 Å². The minimum Gasteiger partial charge on any atom is -0.393 e. The topological polar surface area (TPSA) is 182 Å². The second-order valence-corrected chi connectivity index (χ2v) is 46.3. The van der Waals surface area contributed by atoms with Crippen molar-refractivity contribution in [1.29, 1.82) is 0 Å². The smallest absolute Gasteiger partial charge is 0.0598 e. The molecule has 0 aromatic rings. The summed E-state index contributed by atoms with van der Waals surface area (Å²) in [4.78, 5) is 0. The number of aliphatic hydroxyl groups excluding tert-OH is 9. The van der Waals surface area contributed by atoms with Gasteiger partial charge in [0.1, 0.15) is 0 Å². The van der Waals surface area contributed by atoms with Crippen LogP contribution in [-0.4, -0.2) is 101 Å². The second-order valence-electron chi connectivity index (χ2n) is 46.3. The van der Waals surface area contributed by atoms with E-state index >= 15 is 0 Å². The molecule has 9 N–H and O–H groups in total. The van der Waals surface area contributed by atoms with E-state index in [2.05, 4.69) is 228 Å². The molecule has 0 radical (unpaired) electrons. The van der Waals surface area contributed by atoms with E-state index in [1.807, 2.05) is 0 Å². The predicted molar refractivity (Wildman–Crippen MR) is 468 cm³/mol. The molecule has 9 rings (SSSR count).